The van der Waals surface area contributed by atoms with E-state index in [0.717, 1.165) is 41.8 Å². The minimum Gasteiger partial charge on any atom is -0.353 e. The third kappa shape index (κ3) is 5.51. The van der Waals surface area contributed by atoms with Gasteiger partial charge in [0, 0.05) is 41.9 Å². The van der Waals surface area contributed by atoms with E-state index in [1.807, 2.05) is 29.2 Å². The van der Waals surface area contributed by atoms with Crippen molar-refractivity contribution in [1.82, 2.24) is 14.9 Å². The molecule has 0 saturated carbocycles. The number of aromatic nitrogens is 2. The van der Waals surface area contributed by atoms with Crippen LogP contribution in [0.2, 0.25) is 0 Å². The third-order valence-corrected chi connectivity index (χ3v) is 6.70. The first-order valence-electron chi connectivity index (χ1n) is 10.4. The Morgan fingerprint density at radius 1 is 1.16 bits per heavy atom. The van der Waals surface area contributed by atoms with Crippen molar-refractivity contribution in [2.24, 2.45) is 5.73 Å². The molecule has 1 aromatic carbocycles. The van der Waals surface area contributed by atoms with Gasteiger partial charge in [0.15, 0.2) is 0 Å². The molecule has 2 aromatic rings. The van der Waals surface area contributed by atoms with Crippen molar-refractivity contribution in [3.05, 3.63) is 51.9 Å². The van der Waals surface area contributed by atoms with E-state index in [1.165, 1.54) is 11.3 Å². The van der Waals surface area contributed by atoms with Crippen LogP contribution in [0, 0.1) is 0 Å². The number of carbonyl (C=O) groups is 1. The summed E-state index contributed by atoms with van der Waals surface area (Å²) in [5, 5.41) is 0. The van der Waals surface area contributed by atoms with Crippen LogP contribution in [0.4, 0.5) is 5.82 Å². The number of halogens is 3. The van der Waals surface area contributed by atoms with Crippen LogP contribution in [0.5, 0.6) is 0 Å². The fourth-order valence-electron chi connectivity index (χ4n) is 4.53. The number of amides is 1. The standard InChI is InChI=1S/C22H28BrN5O.2ClH/c1-15-2-7-19-20(15)21(26-14-25-19)27-10-12-28(13-11-27)22(29)18(8-9-24)16-3-5-17(23)6-4-16;;/h3-6,14-15,18H,2,7-13,24H2,1H3;2*1H. The summed E-state index contributed by atoms with van der Waals surface area (Å²) in [7, 11) is 0. The van der Waals surface area contributed by atoms with E-state index in [-0.39, 0.29) is 36.6 Å². The van der Waals surface area contributed by atoms with E-state index in [1.54, 1.807) is 6.33 Å². The molecule has 2 N–H and O–H groups in total. The van der Waals surface area contributed by atoms with Crippen LogP contribution in [0.1, 0.15) is 48.4 Å². The van der Waals surface area contributed by atoms with Crippen molar-refractivity contribution >= 4 is 52.5 Å². The lowest BCUT2D eigenvalue weighted by atomic mass is 9.94. The monoisotopic (exact) mass is 529 g/mol. The van der Waals surface area contributed by atoms with Gasteiger partial charge in [0.05, 0.1) is 5.92 Å². The summed E-state index contributed by atoms with van der Waals surface area (Å²) in [6, 6.07) is 8.01. The van der Waals surface area contributed by atoms with Crippen LogP contribution in [0.25, 0.3) is 0 Å². The fraction of sp³-hybridized carbons (Fsp3) is 0.500. The predicted molar refractivity (Wildman–Crippen MR) is 133 cm³/mol. The molecule has 2 unspecified atom stereocenters. The van der Waals surface area contributed by atoms with Gasteiger partial charge in [0.2, 0.25) is 5.91 Å². The maximum absolute atomic E-state index is 13.3. The van der Waals surface area contributed by atoms with Crippen molar-refractivity contribution in [1.29, 1.82) is 0 Å². The van der Waals surface area contributed by atoms with E-state index < -0.39 is 0 Å². The largest absolute Gasteiger partial charge is 0.353 e. The van der Waals surface area contributed by atoms with E-state index in [9.17, 15) is 4.79 Å². The molecule has 2 atom stereocenters. The Balaban J connectivity index is 0.00000171. The summed E-state index contributed by atoms with van der Waals surface area (Å²) in [6.45, 7) is 5.79. The van der Waals surface area contributed by atoms with Gasteiger partial charge in [-0.1, -0.05) is 35.0 Å². The number of hydrogen-bond acceptors (Lipinski definition) is 5. The zero-order valence-electron chi connectivity index (χ0n) is 17.7. The second kappa shape index (κ2) is 11.5. The first-order chi connectivity index (χ1) is 14.1. The summed E-state index contributed by atoms with van der Waals surface area (Å²) in [6.07, 6.45) is 4.54. The van der Waals surface area contributed by atoms with Crippen molar-refractivity contribution in [2.75, 3.05) is 37.6 Å². The Labute approximate surface area is 204 Å². The molecule has 9 heteroatoms. The number of piperazine rings is 1. The van der Waals surface area contributed by atoms with E-state index in [4.69, 9.17) is 5.73 Å². The second-order valence-electron chi connectivity index (χ2n) is 7.99. The Bertz CT molecular complexity index is 875. The number of nitrogens with zero attached hydrogens (tertiary/aromatic N) is 4. The lowest BCUT2D eigenvalue weighted by molar-refractivity contribution is -0.133. The van der Waals surface area contributed by atoms with E-state index in [2.05, 4.69) is 37.7 Å². The van der Waals surface area contributed by atoms with Gasteiger partial charge >= 0.3 is 0 Å². The molecular formula is C22H30BrCl2N5O. The fourth-order valence-corrected chi connectivity index (χ4v) is 4.79. The van der Waals surface area contributed by atoms with Crippen LogP contribution < -0.4 is 10.6 Å². The maximum Gasteiger partial charge on any atom is 0.230 e. The molecule has 2 aliphatic rings. The molecule has 2 heterocycles. The lowest BCUT2D eigenvalue weighted by Crippen LogP contribution is -2.50. The Kier molecular flexibility index (Phi) is 9.55. The number of hydrogen-bond donors (Lipinski definition) is 1. The molecule has 1 aromatic heterocycles. The van der Waals surface area contributed by atoms with Gasteiger partial charge in [-0.15, -0.1) is 24.8 Å². The summed E-state index contributed by atoms with van der Waals surface area (Å²) in [4.78, 5) is 26.7. The van der Waals surface area contributed by atoms with Gasteiger partial charge in [0.1, 0.15) is 12.1 Å². The number of carbonyl (C=O) groups excluding carboxylic acids is 1. The summed E-state index contributed by atoms with van der Waals surface area (Å²) >= 11 is 3.47. The van der Waals surface area contributed by atoms with Crippen molar-refractivity contribution in [3.63, 3.8) is 0 Å². The van der Waals surface area contributed by atoms with Crippen LogP contribution in [0.3, 0.4) is 0 Å². The van der Waals surface area contributed by atoms with Gasteiger partial charge in [-0.3, -0.25) is 4.79 Å². The number of aryl methyl sites for hydroxylation is 1. The highest BCUT2D eigenvalue weighted by Crippen LogP contribution is 2.37. The van der Waals surface area contributed by atoms with Gasteiger partial charge in [-0.25, -0.2) is 9.97 Å². The average molecular weight is 531 g/mol. The zero-order valence-corrected chi connectivity index (χ0v) is 20.9. The van der Waals surface area contributed by atoms with E-state index in [0.29, 0.717) is 32.0 Å². The molecule has 1 aliphatic carbocycles. The normalized spacial score (nSPS) is 18.6. The molecular weight excluding hydrogens is 501 g/mol. The van der Waals surface area contributed by atoms with Gasteiger partial charge in [-0.05, 0) is 49.4 Å². The Morgan fingerprint density at radius 2 is 1.84 bits per heavy atom. The smallest absolute Gasteiger partial charge is 0.230 e. The number of anilines is 1. The number of fused-ring (bicyclic) bond motifs is 1. The molecule has 31 heavy (non-hydrogen) atoms. The van der Waals surface area contributed by atoms with Crippen LogP contribution in [0.15, 0.2) is 35.1 Å². The zero-order chi connectivity index (χ0) is 20.4. The number of nitrogens with two attached hydrogens (primary N) is 1. The molecule has 0 spiro atoms. The number of benzene rings is 1. The molecule has 0 radical (unpaired) electrons. The molecule has 170 valence electrons. The molecule has 4 rings (SSSR count). The Hall–Kier alpha value is -1.41. The van der Waals surface area contributed by atoms with Crippen LogP contribution >= 0.6 is 40.7 Å². The van der Waals surface area contributed by atoms with Crippen molar-refractivity contribution < 1.29 is 4.79 Å². The van der Waals surface area contributed by atoms with Crippen LogP contribution in [-0.2, 0) is 11.2 Å². The first-order valence-corrected chi connectivity index (χ1v) is 11.2. The van der Waals surface area contributed by atoms with Crippen LogP contribution in [-0.4, -0.2) is 53.5 Å². The second-order valence-corrected chi connectivity index (χ2v) is 8.91. The quantitative estimate of drug-likeness (QED) is 0.634. The van der Waals surface area contributed by atoms with Crippen molar-refractivity contribution in [3.8, 4) is 0 Å². The minimum atomic E-state index is -0.178. The highest BCUT2D eigenvalue weighted by molar-refractivity contribution is 9.10. The van der Waals surface area contributed by atoms with Gasteiger partial charge in [-0.2, -0.15) is 0 Å². The number of rotatable bonds is 5. The summed E-state index contributed by atoms with van der Waals surface area (Å²) in [5.41, 5.74) is 9.36. The molecule has 1 aliphatic heterocycles. The van der Waals surface area contributed by atoms with Gasteiger partial charge in [0.25, 0.3) is 0 Å². The Morgan fingerprint density at radius 3 is 2.48 bits per heavy atom. The lowest BCUT2D eigenvalue weighted by Gasteiger charge is -2.38. The molecule has 1 fully saturated rings. The average Bonchev–Trinajstić information content (AvgIpc) is 3.14. The van der Waals surface area contributed by atoms with E-state index >= 15 is 0 Å². The van der Waals surface area contributed by atoms with Gasteiger partial charge < -0.3 is 15.5 Å². The first kappa shape index (κ1) is 25.8. The summed E-state index contributed by atoms with van der Waals surface area (Å²) < 4.78 is 1.01. The SMILES string of the molecule is CC1CCc2ncnc(N3CCN(C(=O)C(CCN)c4ccc(Br)cc4)CC3)c21.Cl.Cl. The third-order valence-electron chi connectivity index (χ3n) is 6.17. The molecule has 1 saturated heterocycles. The molecule has 0 bridgehead atoms. The molecule has 6 nitrogen and oxygen atoms in total. The highest BCUT2D eigenvalue weighted by Gasteiger charge is 2.31. The highest BCUT2D eigenvalue weighted by atomic mass is 79.9. The maximum atomic E-state index is 13.3. The minimum absolute atomic E-state index is 0. The topological polar surface area (TPSA) is 75.4 Å². The van der Waals surface area contributed by atoms with Crippen molar-refractivity contribution in [2.45, 2.75) is 38.0 Å². The predicted octanol–water partition coefficient (Wildman–Crippen LogP) is 3.91. The summed E-state index contributed by atoms with van der Waals surface area (Å²) in [5.74, 6) is 1.58. The molecule has 1 amide bonds.